The molecule has 0 bridgehead atoms. The van der Waals surface area contributed by atoms with Crippen molar-refractivity contribution in [3.05, 3.63) is 17.5 Å². The van der Waals surface area contributed by atoms with Crippen molar-refractivity contribution in [2.24, 2.45) is 7.05 Å². The van der Waals surface area contributed by atoms with Crippen LogP contribution in [0, 0.1) is 6.92 Å². The third-order valence-electron chi connectivity index (χ3n) is 5.93. The van der Waals surface area contributed by atoms with Crippen LogP contribution in [0.2, 0.25) is 0 Å². The molecule has 4 heterocycles. The molecule has 0 amide bonds. The minimum Gasteiger partial charge on any atom is -0.462 e. The molecule has 146 valence electrons. The first kappa shape index (κ1) is 18.2. The molecule has 0 unspecified atom stereocenters. The Morgan fingerprint density at radius 1 is 1.22 bits per heavy atom. The van der Waals surface area contributed by atoms with Crippen molar-refractivity contribution in [2.45, 2.75) is 45.6 Å². The number of aryl methyl sites for hydroxylation is 2. The van der Waals surface area contributed by atoms with Crippen molar-refractivity contribution in [3.8, 4) is 0 Å². The third kappa shape index (κ3) is 3.29. The Hall–Kier alpha value is -2.15. The summed E-state index contributed by atoms with van der Waals surface area (Å²) in [4.78, 5) is 22.1. The van der Waals surface area contributed by atoms with Crippen LogP contribution in [-0.4, -0.2) is 64.5 Å². The number of aromatic nitrogens is 3. The number of esters is 1. The van der Waals surface area contributed by atoms with E-state index in [4.69, 9.17) is 4.74 Å². The summed E-state index contributed by atoms with van der Waals surface area (Å²) in [5.41, 5.74) is 3.23. The minimum absolute atomic E-state index is 0.299. The van der Waals surface area contributed by atoms with Gasteiger partial charge in [0.1, 0.15) is 5.56 Å². The quantitative estimate of drug-likeness (QED) is 0.770. The standard InChI is InChI=1S/C20H29N5O2/c1-4-27-20(26)16-13-21-19-17(14(2)22-23(19)3)18(16)25-11-7-15(8-12-25)24-9-5-6-10-24/h13,15H,4-12H2,1-3H3. The fourth-order valence-corrected chi connectivity index (χ4v) is 4.64. The number of ether oxygens (including phenoxy) is 1. The second-order valence-electron chi connectivity index (χ2n) is 7.61. The van der Waals surface area contributed by atoms with Crippen LogP contribution >= 0.6 is 0 Å². The number of carbonyl (C=O) groups excluding carboxylic acids is 1. The molecular weight excluding hydrogens is 342 g/mol. The molecule has 0 radical (unpaired) electrons. The van der Waals surface area contributed by atoms with E-state index in [1.807, 2.05) is 20.9 Å². The molecule has 2 fully saturated rings. The second kappa shape index (κ2) is 7.46. The van der Waals surface area contributed by atoms with Gasteiger partial charge in [0.05, 0.1) is 23.4 Å². The van der Waals surface area contributed by atoms with E-state index in [9.17, 15) is 4.79 Å². The topological polar surface area (TPSA) is 63.5 Å². The largest absolute Gasteiger partial charge is 0.462 e. The number of anilines is 1. The number of hydrogen-bond acceptors (Lipinski definition) is 6. The van der Waals surface area contributed by atoms with E-state index in [0.717, 1.165) is 48.3 Å². The van der Waals surface area contributed by atoms with Gasteiger partial charge in [0.2, 0.25) is 0 Å². The first-order chi connectivity index (χ1) is 13.1. The Morgan fingerprint density at radius 3 is 2.59 bits per heavy atom. The van der Waals surface area contributed by atoms with Gasteiger partial charge in [0, 0.05) is 32.4 Å². The van der Waals surface area contributed by atoms with E-state index in [0.29, 0.717) is 18.2 Å². The zero-order chi connectivity index (χ0) is 19.0. The van der Waals surface area contributed by atoms with Crippen LogP contribution in [-0.2, 0) is 11.8 Å². The highest BCUT2D eigenvalue weighted by Crippen LogP contribution is 2.35. The van der Waals surface area contributed by atoms with Gasteiger partial charge in [-0.2, -0.15) is 5.10 Å². The van der Waals surface area contributed by atoms with Crippen molar-refractivity contribution >= 4 is 22.7 Å². The lowest BCUT2D eigenvalue weighted by atomic mass is 10.0. The normalized spacial score (nSPS) is 19.1. The van der Waals surface area contributed by atoms with Crippen molar-refractivity contribution in [3.63, 3.8) is 0 Å². The molecule has 0 aromatic carbocycles. The van der Waals surface area contributed by atoms with E-state index < -0.39 is 0 Å². The molecule has 4 rings (SSSR count). The highest BCUT2D eigenvalue weighted by atomic mass is 16.5. The molecule has 27 heavy (non-hydrogen) atoms. The molecule has 7 nitrogen and oxygen atoms in total. The predicted octanol–water partition coefficient (Wildman–Crippen LogP) is 2.52. The predicted molar refractivity (Wildman–Crippen MR) is 105 cm³/mol. The van der Waals surface area contributed by atoms with Gasteiger partial charge in [0.15, 0.2) is 5.65 Å². The van der Waals surface area contributed by atoms with Crippen LogP contribution in [0.1, 0.15) is 48.7 Å². The van der Waals surface area contributed by atoms with Gasteiger partial charge in [0.25, 0.3) is 0 Å². The average molecular weight is 371 g/mol. The van der Waals surface area contributed by atoms with Crippen LogP contribution in [0.4, 0.5) is 5.69 Å². The number of nitrogens with zero attached hydrogens (tertiary/aromatic N) is 5. The number of carbonyl (C=O) groups is 1. The maximum Gasteiger partial charge on any atom is 0.341 e. The number of piperidine rings is 1. The third-order valence-corrected chi connectivity index (χ3v) is 5.93. The molecule has 2 aliphatic heterocycles. The number of likely N-dealkylation sites (tertiary alicyclic amines) is 1. The molecule has 2 aliphatic rings. The summed E-state index contributed by atoms with van der Waals surface area (Å²) in [6, 6.07) is 0.669. The molecule has 0 N–H and O–H groups in total. The summed E-state index contributed by atoms with van der Waals surface area (Å²) in [7, 11) is 1.90. The first-order valence-electron chi connectivity index (χ1n) is 10.1. The molecule has 0 spiro atoms. The summed E-state index contributed by atoms with van der Waals surface area (Å²) in [5, 5.41) is 5.51. The molecule has 0 atom stereocenters. The van der Waals surface area contributed by atoms with Gasteiger partial charge in [-0.1, -0.05) is 0 Å². The summed E-state index contributed by atoms with van der Waals surface area (Å²) in [6.07, 6.45) is 6.57. The summed E-state index contributed by atoms with van der Waals surface area (Å²) >= 11 is 0. The highest BCUT2D eigenvalue weighted by Gasteiger charge is 2.30. The Kier molecular flexibility index (Phi) is 5.04. The van der Waals surface area contributed by atoms with E-state index in [2.05, 4.69) is 19.9 Å². The zero-order valence-electron chi connectivity index (χ0n) is 16.6. The maximum absolute atomic E-state index is 12.6. The fourth-order valence-electron chi connectivity index (χ4n) is 4.64. The number of fused-ring (bicyclic) bond motifs is 1. The highest BCUT2D eigenvalue weighted by molar-refractivity contribution is 6.05. The van der Waals surface area contributed by atoms with Crippen LogP contribution < -0.4 is 4.90 Å². The fraction of sp³-hybridized carbons (Fsp3) is 0.650. The summed E-state index contributed by atoms with van der Waals surface area (Å²) in [6.45, 7) is 8.54. The van der Waals surface area contributed by atoms with E-state index in [1.165, 1.54) is 25.9 Å². The van der Waals surface area contributed by atoms with Gasteiger partial charge in [-0.05, 0) is 52.6 Å². The minimum atomic E-state index is -0.299. The number of rotatable bonds is 4. The second-order valence-corrected chi connectivity index (χ2v) is 7.61. The van der Waals surface area contributed by atoms with Crippen molar-refractivity contribution in [2.75, 3.05) is 37.7 Å². The number of hydrogen-bond donors (Lipinski definition) is 0. The van der Waals surface area contributed by atoms with Gasteiger partial charge >= 0.3 is 5.97 Å². The Balaban J connectivity index is 1.68. The monoisotopic (exact) mass is 371 g/mol. The van der Waals surface area contributed by atoms with E-state index >= 15 is 0 Å². The Morgan fingerprint density at radius 2 is 1.93 bits per heavy atom. The van der Waals surface area contributed by atoms with E-state index in [-0.39, 0.29) is 5.97 Å². The van der Waals surface area contributed by atoms with Crippen molar-refractivity contribution in [1.29, 1.82) is 0 Å². The van der Waals surface area contributed by atoms with Crippen LogP contribution in [0.5, 0.6) is 0 Å². The van der Waals surface area contributed by atoms with Crippen LogP contribution in [0.25, 0.3) is 11.0 Å². The SMILES string of the molecule is CCOC(=O)c1cnc2c(c(C)nn2C)c1N1CCC(N2CCCC2)CC1. The zero-order valence-corrected chi connectivity index (χ0v) is 16.6. The Labute approximate surface area is 160 Å². The molecule has 2 aromatic rings. The number of pyridine rings is 1. The lowest BCUT2D eigenvalue weighted by Crippen LogP contribution is -2.44. The molecule has 0 saturated carbocycles. The van der Waals surface area contributed by atoms with Crippen LogP contribution in [0.15, 0.2) is 6.20 Å². The molecule has 7 heteroatoms. The van der Waals surface area contributed by atoms with Gasteiger partial charge in [-0.15, -0.1) is 0 Å². The molecule has 2 saturated heterocycles. The van der Waals surface area contributed by atoms with Crippen molar-refractivity contribution < 1.29 is 9.53 Å². The van der Waals surface area contributed by atoms with Crippen molar-refractivity contribution in [1.82, 2.24) is 19.7 Å². The van der Waals surface area contributed by atoms with Crippen LogP contribution in [0.3, 0.4) is 0 Å². The van der Waals surface area contributed by atoms with Gasteiger partial charge in [-0.3, -0.25) is 4.68 Å². The summed E-state index contributed by atoms with van der Waals surface area (Å²) in [5.74, 6) is -0.299. The maximum atomic E-state index is 12.6. The van der Waals surface area contributed by atoms with Gasteiger partial charge in [-0.25, -0.2) is 9.78 Å². The Bertz CT molecular complexity index is 832. The molecule has 2 aromatic heterocycles. The van der Waals surface area contributed by atoms with Gasteiger partial charge < -0.3 is 14.5 Å². The summed E-state index contributed by atoms with van der Waals surface area (Å²) < 4.78 is 7.11. The smallest absolute Gasteiger partial charge is 0.341 e. The first-order valence-corrected chi connectivity index (χ1v) is 10.1. The lowest BCUT2D eigenvalue weighted by molar-refractivity contribution is 0.0526. The average Bonchev–Trinajstić information content (AvgIpc) is 3.30. The lowest BCUT2D eigenvalue weighted by Gasteiger charge is -2.38. The molecular formula is C20H29N5O2. The van der Waals surface area contributed by atoms with E-state index in [1.54, 1.807) is 10.9 Å². The molecule has 0 aliphatic carbocycles.